The highest BCUT2D eigenvalue weighted by atomic mass is 28.4. The third kappa shape index (κ3) is 6.24. The van der Waals surface area contributed by atoms with Crippen LogP contribution in [0.15, 0.2) is 0 Å². The molecule has 20 heavy (non-hydrogen) atoms. The Balaban J connectivity index is 2.06. The van der Waals surface area contributed by atoms with E-state index in [-0.39, 0.29) is 6.03 Å². The number of rotatable bonds is 11. The van der Waals surface area contributed by atoms with Crippen molar-refractivity contribution in [1.29, 1.82) is 0 Å². The van der Waals surface area contributed by atoms with Gasteiger partial charge in [-0.15, -0.1) is 0 Å². The van der Waals surface area contributed by atoms with Gasteiger partial charge in [-0.25, -0.2) is 4.79 Å². The fraction of sp³-hybridized carbons (Fsp3) is 0.929. The van der Waals surface area contributed by atoms with Gasteiger partial charge in [0.1, 0.15) is 0 Å². The molecule has 1 rings (SSSR count). The van der Waals surface area contributed by atoms with Crippen molar-refractivity contribution in [2.75, 3.05) is 32.8 Å². The lowest BCUT2D eigenvalue weighted by Gasteiger charge is -2.25. The molecule has 1 saturated heterocycles. The van der Waals surface area contributed by atoms with E-state index in [2.05, 4.69) is 11.9 Å². The predicted octanol–water partition coefficient (Wildman–Crippen LogP) is 2.72. The van der Waals surface area contributed by atoms with Gasteiger partial charge >= 0.3 is 14.6 Å². The summed E-state index contributed by atoms with van der Waals surface area (Å²) in [6.07, 6.45) is 4.62. The lowest BCUT2D eigenvalue weighted by atomic mass is 10.2. The number of hydrogen-bond donors (Lipinski definition) is 1. The summed E-state index contributed by atoms with van der Waals surface area (Å²) >= 11 is 0. The van der Waals surface area contributed by atoms with E-state index in [9.17, 15) is 4.79 Å². The number of nitrogens with zero attached hydrogens (tertiary/aromatic N) is 1. The van der Waals surface area contributed by atoms with E-state index in [1.54, 1.807) is 0 Å². The van der Waals surface area contributed by atoms with E-state index in [0.29, 0.717) is 0 Å². The second-order valence-corrected chi connectivity index (χ2v) is 8.73. The molecule has 1 fully saturated rings. The van der Waals surface area contributed by atoms with Crippen LogP contribution in [0.1, 0.15) is 39.5 Å². The van der Waals surface area contributed by atoms with Gasteiger partial charge in [0.05, 0.1) is 0 Å². The normalized spacial score (nSPS) is 15.8. The molecule has 2 amide bonds. The molecule has 0 saturated carbocycles. The Morgan fingerprint density at radius 3 is 2.35 bits per heavy atom. The maximum Gasteiger partial charge on any atom is 0.334 e. The third-order valence-electron chi connectivity index (χ3n) is 3.65. The van der Waals surface area contributed by atoms with E-state index in [1.807, 2.05) is 18.7 Å². The Morgan fingerprint density at radius 2 is 1.80 bits per heavy atom. The molecule has 0 radical (unpaired) electrons. The topological polar surface area (TPSA) is 50.8 Å². The first-order valence-electron chi connectivity index (χ1n) is 7.92. The average Bonchev–Trinajstić information content (AvgIpc) is 2.80. The van der Waals surface area contributed by atoms with Gasteiger partial charge in [0.2, 0.25) is 0 Å². The van der Waals surface area contributed by atoms with Crippen LogP contribution in [0.2, 0.25) is 12.6 Å². The van der Waals surface area contributed by atoms with Crippen LogP contribution >= 0.6 is 0 Å². The van der Waals surface area contributed by atoms with E-state index >= 15 is 0 Å². The van der Waals surface area contributed by atoms with Crippen molar-refractivity contribution in [3.63, 3.8) is 0 Å². The SMILES string of the molecule is CCO[Si](C)(CCCCCCN1CCNC1=O)OCC. The highest BCUT2D eigenvalue weighted by Crippen LogP contribution is 2.18. The van der Waals surface area contributed by atoms with Gasteiger partial charge in [0, 0.05) is 32.8 Å². The zero-order chi connectivity index (χ0) is 14.8. The second kappa shape index (κ2) is 9.36. The quantitative estimate of drug-likeness (QED) is 0.471. The molecule has 1 aliphatic heterocycles. The summed E-state index contributed by atoms with van der Waals surface area (Å²) in [7, 11) is -1.92. The van der Waals surface area contributed by atoms with Crippen molar-refractivity contribution >= 4 is 14.6 Å². The lowest BCUT2D eigenvalue weighted by molar-refractivity contribution is 0.188. The molecule has 0 aliphatic carbocycles. The first kappa shape index (κ1) is 17.5. The zero-order valence-corrected chi connectivity index (χ0v) is 14.2. The molecular weight excluding hydrogens is 272 g/mol. The molecule has 0 atom stereocenters. The van der Waals surface area contributed by atoms with Crippen LogP contribution in [-0.4, -0.2) is 52.3 Å². The molecule has 0 aromatic rings. The predicted molar refractivity (Wildman–Crippen MR) is 83.1 cm³/mol. The molecule has 0 spiro atoms. The highest BCUT2D eigenvalue weighted by molar-refractivity contribution is 6.66. The number of carbonyl (C=O) groups is 1. The summed E-state index contributed by atoms with van der Waals surface area (Å²) in [6, 6.07) is 1.16. The number of unbranched alkanes of at least 4 members (excludes halogenated alkanes) is 3. The molecule has 0 aromatic carbocycles. The van der Waals surface area contributed by atoms with Crippen LogP contribution in [0.25, 0.3) is 0 Å². The van der Waals surface area contributed by atoms with Crippen LogP contribution < -0.4 is 5.32 Å². The van der Waals surface area contributed by atoms with Gasteiger partial charge < -0.3 is 19.1 Å². The van der Waals surface area contributed by atoms with Gasteiger partial charge in [0.15, 0.2) is 0 Å². The molecular formula is C14H30N2O3Si. The Hall–Kier alpha value is -0.593. The van der Waals surface area contributed by atoms with Crippen molar-refractivity contribution in [2.45, 2.75) is 52.1 Å². The Kier molecular flexibility index (Phi) is 8.17. The van der Waals surface area contributed by atoms with Crippen LogP contribution in [0.4, 0.5) is 4.79 Å². The largest absolute Gasteiger partial charge is 0.395 e. The summed E-state index contributed by atoms with van der Waals surface area (Å²) in [4.78, 5) is 13.3. The van der Waals surface area contributed by atoms with Gasteiger partial charge in [-0.1, -0.05) is 19.3 Å². The monoisotopic (exact) mass is 302 g/mol. The smallest absolute Gasteiger partial charge is 0.334 e. The molecule has 0 unspecified atom stereocenters. The second-order valence-electron chi connectivity index (χ2n) is 5.38. The van der Waals surface area contributed by atoms with E-state index in [4.69, 9.17) is 8.85 Å². The number of urea groups is 1. The first-order chi connectivity index (χ1) is 9.61. The fourth-order valence-electron chi connectivity index (χ4n) is 2.62. The Bertz CT molecular complexity index is 284. The average molecular weight is 302 g/mol. The molecule has 5 nitrogen and oxygen atoms in total. The van der Waals surface area contributed by atoms with Crippen molar-refractivity contribution in [3.8, 4) is 0 Å². The van der Waals surface area contributed by atoms with Crippen LogP contribution in [0, 0.1) is 0 Å². The highest BCUT2D eigenvalue weighted by Gasteiger charge is 2.29. The number of amides is 2. The van der Waals surface area contributed by atoms with Crippen molar-refractivity contribution in [3.05, 3.63) is 0 Å². The van der Waals surface area contributed by atoms with Gasteiger partial charge in [0.25, 0.3) is 0 Å². The van der Waals surface area contributed by atoms with Gasteiger partial charge in [-0.3, -0.25) is 0 Å². The van der Waals surface area contributed by atoms with Crippen molar-refractivity contribution in [2.24, 2.45) is 0 Å². The van der Waals surface area contributed by atoms with E-state index in [1.165, 1.54) is 12.8 Å². The minimum atomic E-state index is -1.92. The van der Waals surface area contributed by atoms with E-state index < -0.39 is 8.56 Å². The fourth-order valence-corrected chi connectivity index (χ4v) is 5.11. The molecule has 1 N–H and O–H groups in total. The molecule has 118 valence electrons. The van der Waals surface area contributed by atoms with Crippen molar-refractivity contribution < 1.29 is 13.6 Å². The standard InChI is InChI=1S/C14H30N2O3Si/c1-4-18-20(3,19-5-2)13-9-7-6-8-11-16-12-10-15-14(16)17/h4-13H2,1-3H3,(H,15,17). The zero-order valence-electron chi connectivity index (χ0n) is 13.2. The Labute approximate surface area is 124 Å². The molecule has 1 heterocycles. The Morgan fingerprint density at radius 1 is 1.15 bits per heavy atom. The summed E-state index contributed by atoms with van der Waals surface area (Å²) < 4.78 is 11.7. The van der Waals surface area contributed by atoms with Gasteiger partial charge in [-0.05, 0) is 32.9 Å². The van der Waals surface area contributed by atoms with Crippen LogP contribution in [0.3, 0.4) is 0 Å². The summed E-state index contributed by atoms with van der Waals surface area (Å²) in [6.45, 7) is 10.3. The van der Waals surface area contributed by atoms with Gasteiger partial charge in [-0.2, -0.15) is 0 Å². The third-order valence-corrected chi connectivity index (χ3v) is 6.71. The minimum Gasteiger partial charge on any atom is -0.395 e. The number of hydrogen-bond acceptors (Lipinski definition) is 3. The maximum atomic E-state index is 11.4. The van der Waals surface area contributed by atoms with Crippen LogP contribution in [-0.2, 0) is 8.85 Å². The van der Waals surface area contributed by atoms with Crippen molar-refractivity contribution in [1.82, 2.24) is 10.2 Å². The molecule has 0 aromatic heterocycles. The maximum absolute atomic E-state index is 11.4. The number of carbonyl (C=O) groups excluding carboxylic acids is 1. The molecule has 0 bridgehead atoms. The molecule has 6 heteroatoms. The summed E-state index contributed by atoms with van der Waals surface area (Å²) in [5.74, 6) is 0. The summed E-state index contributed by atoms with van der Waals surface area (Å²) in [5, 5.41) is 2.83. The number of nitrogens with one attached hydrogen (secondary N) is 1. The van der Waals surface area contributed by atoms with Crippen LogP contribution in [0.5, 0.6) is 0 Å². The minimum absolute atomic E-state index is 0.0951. The summed E-state index contributed by atoms with van der Waals surface area (Å²) in [5.41, 5.74) is 0. The molecule has 1 aliphatic rings. The van der Waals surface area contributed by atoms with E-state index in [0.717, 1.165) is 51.7 Å². The first-order valence-corrected chi connectivity index (χ1v) is 10.4. The lowest BCUT2D eigenvalue weighted by Crippen LogP contribution is -2.38.